The summed E-state index contributed by atoms with van der Waals surface area (Å²) in [5, 5.41) is 0. The molecule has 0 radical (unpaired) electrons. The third-order valence-electron chi connectivity index (χ3n) is 4.11. The summed E-state index contributed by atoms with van der Waals surface area (Å²) in [6.07, 6.45) is 4.58. The largest absolute Gasteiger partial charge is 0.469 e. The second-order valence-corrected chi connectivity index (χ2v) is 4.69. The molecule has 2 aliphatic rings. The Kier molecular flexibility index (Phi) is 2.77. The Balaban J connectivity index is 2.03. The van der Waals surface area contributed by atoms with E-state index < -0.39 is 0 Å². The van der Waals surface area contributed by atoms with E-state index in [1.54, 1.807) is 0 Å². The Morgan fingerprint density at radius 1 is 1.36 bits per heavy atom. The molecule has 0 heterocycles. The summed E-state index contributed by atoms with van der Waals surface area (Å²) >= 11 is 0. The van der Waals surface area contributed by atoms with Crippen LogP contribution in [0.5, 0.6) is 0 Å². The van der Waals surface area contributed by atoms with Gasteiger partial charge < -0.3 is 10.5 Å². The average molecular weight is 197 g/mol. The van der Waals surface area contributed by atoms with Crippen LogP contribution in [0.1, 0.15) is 25.7 Å². The normalized spacial score (nSPS) is 41.0. The molecule has 0 aliphatic heterocycles. The monoisotopic (exact) mass is 197 g/mol. The molecule has 0 aromatic heterocycles. The van der Waals surface area contributed by atoms with Crippen LogP contribution in [-0.4, -0.2) is 19.6 Å². The van der Waals surface area contributed by atoms with Crippen molar-refractivity contribution in [1.82, 2.24) is 0 Å². The van der Waals surface area contributed by atoms with Crippen LogP contribution in [0.2, 0.25) is 0 Å². The Labute approximate surface area is 85.0 Å². The number of carbonyl (C=O) groups is 1. The smallest absolute Gasteiger partial charge is 0.308 e. The highest BCUT2D eigenvalue weighted by atomic mass is 16.5. The fraction of sp³-hybridized carbons (Fsp3) is 0.909. The minimum atomic E-state index is -0.00447. The summed E-state index contributed by atoms with van der Waals surface area (Å²) in [5.41, 5.74) is 5.73. The first-order valence-corrected chi connectivity index (χ1v) is 5.54. The van der Waals surface area contributed by atoms with E-state index in [4.69, 9.17) is 10.5 Å². The molecule has 2 bridgehead atoms. The number of esters is 1. The summed E-state index contributed by atoms with van der Waals surface area (Å²) in [5.74, 6) is 2.08. The first kappa shape index (κ1) is 9.97. The Morgan fingerprint density at radius 3 is 2.79 bits per heavy atom. The quantitative estimate of drug-likeness (QED) is 0.676. The topological polar surface area (TPSA) is 52.3 Å². The van der Waals surface area contributed by atoms with Gasteiger partial charge in [-0.1, -0.05) is 0 Å². The van der Waals surface area contributed by atoms with Crippen molar-refractivity contribution in [1.29, 1.82) is 0 Å². The van der Waals surface area contributed by atoms with Gasteiger partial charge in [0.25, 0.3) is 0 Å². The van der Waals surface area contributed by atoms with Gasteiger partial charge in [0.1, 0.15) is 0 Å². The number of fused-ring (bicyclic) bond motifs is 2. The Bertz CT molecular complexity index is 229. The molecule has 2 saturated carbocycles. The van der Waals surface area contributed by atoms with Gasteiger partial charge in [-0.25, -0.2) is 0 Å². The highest BCUT2D eigenvalue weighted by Crippen LogP contribution is 2.48. The van der Waals surface area contributed by atoms with Gasteiger partial charge in [-0.3, -0.25) is 4.79 Å². The fourth-order valence-corrected chi connectivity index (χ4v) is 3.29. The maximum absolute atomic E-state index is 11.5. The van der Waals surface area contributed by atoms with E-state index in [-0.39, 0.29) is 11.9 Å². The lowest BCUT2D eigenvalue weighted by Gasteiger charge is -2.27. The summed E-state index contributed by atoms with van der Waals surface area (Å²) in [7, 11) is 1.49. The molecule has 2 N–H and O–H groups in total. The molecule has 2 fully saturated rings. The fourth-order valence-electron chi connectivity index (χ4n) is 3.29. The van der Waals surface area contributed by atoms with Crippen molar-refractivity contribution in [3.05, 3.63) is 0 Å². The maximum atomic E-state index is 11.5. The molecule has 3 heteroatoms. The van der Waals surface area contributed by atoms with Crippen molar-refractivity contribution in [2.24, 2.45) is 29.4 Å². The van der Waals surface area contributed by atoms with Crippen LogP contribution >= 0.6 is 0 Å². The SMILES string of the molecule is COC(=O)C1CC2CC1CCC2CN. The third kappa shape index (κ3) is 1.54. The molecule has 3 nitrogen and oxygen atoms in total. The molecule has 0 amide bonds. The van der Waals surface area contributed by atoms with Gasteiger partial charge in [0.05, 0.1) is 13.0 Å². The molecule has 2 aliphatic carbocycles. The van der Waals surface area contributed by atoms with Crippen LogP contribution in [0.25, 0.3) is 0 Å². The summed E-state index contributed by atoms with van der Waals surface area (Å²) in [6.45, 7) is 0.783. The van der Waals surface area contributed by atoms with Crippen LogP contribution in [0.4, 0.5) is 0 Å². The lowest BCUT2D eigenvalue weighted by molar-refractivity contribution is -0.146. The van der Waals surface area contributed by atoms with Crippen LogP contribution in [0.3, 0.4) is 0 Å². The summed E-state index contributed by atoms with van der Waals surface area (Å²) in [4.78, 5) is 11.5. The number of nitrogens with two attached hydrogens (primary N) is 1. The van der Waals surface area contributed by atoms with Crippen LogP contribution in [0.15, 0.2) is 0 Å². The minimum absolute atomic E-state index is 0.00447. The van der Waals surface area contributed by atoms with Gasteiger partial charge in [0.15, 0.2) is 0 Å². The van der Waals surface area contributed by atoms with Crippen molar-refractivity contribution < 1.29 is 9.53 Å². The van der Waals surface area contributed by atoms with Crippen LogP contribution < -0.4 is 5.73 Å². The zero-order valence-electron chi connectivity index (χ0n) is 8.74. The molecule has 0 aromatic rings. The van der Waals surface area contributed by atoms with Gasteiger partial charge in [-0.2, -0.15) is 0 Å². The highest BCUT2D eigenvalue weighted by Gasteiger charge is 2.44. The van der Waals surface area contributed by atoms with Gasteiger partial charge in [-0.15, -0.1) is 0 Å². The number of ether oxygens (including phenoxy) is 1. The Morgan fingerprint density at radius 2 is 2.14 bits per heavy atom. The number of hydrogen-bond donors (Lipinski definition) is 1. The highest BCUT2D eigenvalue weighted by molar-refractivity contribution is 5.73. The van der Waals surface area contributed by atoms with E-state index in [0.29, 0.717) is 17.8 Å². The minimum Gasteiger partial charge on any atom is -0.469 e. The zero-order valence-corrected chi connectivity index (χ0v) is 8.74. The number of rotatable bonds is 2. The molecular formula is C11H19NO2. The molecule has 2 rings (SSSR count). The number of carbonyl (C=O) groups excluding carboxylic acids is 1. The summed E-state index contributed by atoms with van der Waals surface area (Å²) in [6, 6.07) is 0. The molecule has 0 saturated heterocycles. The summed E-state index contributed by atoms with van der Waals surface area (Å²) < 4.78 is 4.84. The van der Waals surface area contributed by atoms with E-state index in [9.17, 15) is 4.79 Å². The van der Waals surface area contributed by atoms with Crippen molar-refractivity contribution in [3.8, 4) is 0 Å². The maximum Gasteiger partial charge on any atom is 0.308 e. The standard InChI is InChI=1S/C11H19NO2/c1-14-11(13)10-5-9-4-7(10)2-3-8(9)6-12/h7-10H,2-6,12H2,1H3. The molecule has 4 atom stereocenters. The van der Waals surface area contributed by atoms with Crippen molar-refractivity contribution >= 4 is 5.97 Å². The number of hydrogen-bond acceptors (Lipinski definition) is 3. The molecular weight excluding hydrogens is 178 g/mol. The predicted octanol–water partition coefficient (Wildman–Crippen LogP) is 1.17. The van der Waals surface area contributed by atoms with E-state index in [0.717, 1.165) is 19.4 Å². The van der Waals surface area contributed by atoms with Crippen LogP contribution in [0, 0.1) is 23.7 Å². The first-order valence-electron chi connectivity index (χ1n) is 5.54. The lowest BCUT2D eigenvalue weighted by Crippen LogP contribution is -2.25. The van der Waals surface area contributed by atoms with E-state index >= 15 is 0 Å². The first-order chi connectivity index (χ1) is 6.76. The molecule has 0 aromatic carbocycles. The van der Waals surface area contributed by atoms with E-state index in [1.165, 1.54) is 20.0 Å². The molecule has 80 valence electrons. The predicted molar refractivity (Wildman–Crippen MR) is 53.5 cm³/mol. The van der Waals surface area contributed by atoms with Gasteiger partial charge in [0, 0.05) is 0 Å². The Hall–Kier alpha value is -0.570. The van der Waals surface area contributed by atoms with Crippen molar-refractivity contribution in [2.45, 2.75) is 25.7 Å². The lowest BCUT2D eigenvalue weighted by atomic mass is 9.79. The second-order valence-electron chi connectivity index (χ2n) is 4.69. The van der Waals surface area contributed by atoms with E-state index in [1.807, 2.05) is 0 Å². The number of methoxy groups -OCH3 is 1. The van der Waals surface area contributed by atoms with Crippen molar-refractivity contribution in [3.63, 3.8) is 0 Å². The van der Waals surface area contributed by atoms with Crippen molar-refractivity contribution in [2.75, 3.05) is 13.7 Å². The van der Waals surface area contributed by atoms with Gasteiger partial charge in [0.2, 0.25) is 0 Å². The molecule has 4 unspecified atom stereocenters. The van der Waals surface area contributed by atoms with Gasteiger partial charge >= 0.3 is 5.97 Å². The van der Waals surface area contributed by atoms with E-state index in [2.05, 4.69) is 0 Å². The average Bonchev–Trinajstić information content (AvgIpc) is 2.56. The molecule has 0 spiro atoms. The van der Waals surface area contributed by atoms with Gasteiger partial charge in [-0.05, 0) is 50.0 Å². The zero-order chi connectivity index (χ0) is 10.1. The second kappa shape index (κ2) is 3.89. The van der Waals surface area contributed by atoms with Crippen LogP contribution in [-0.2, 0) is 9.53 Å². The molecule has 14 heavy (non-hydrogen) atoms. The third-order valence-corrected chi connectivity index (χ3v) is 4.11.